The predicted octanol–water partition coefficient (Wildman–Crippen LogP) is 5.65. The molecule has 0 radical (unpaired) electrons. The maximum absolute atomic E-state index is 12.8. The number of amides is 1. The number of benzene rings is 2. The van der Waals surface area contributed by atoms with Crippen molar-refractivity contribution in [2.45, 2.75) is 34.0 Å². The molecular weight excluding hydrogens is 461 g/mol. The average molecular weight is 484 g/mol. The van der Waals surface area contributed by atoms with Gasteiger partial charge in [0, 0.05) is 6.20 Å². The summed E-state index contributed by atoms with van der Waals surface area (Å²) in [5.41, 5.74) is 4.90. The van der Waals surface area contributed by atoms with Gasteiger partial charge in [0.1, 0.15) is 0 Å². The molecule has 2 aromatic heterocycles. The van der Waals surface area contributed by atoms with Gasteiger partial charge in [-0.05, 0) is 44.5 Å². The van der Waals surface area contributed by atoms with Gasteiger partial charge < -0.3 is 10.1 Å². The summed E-state index contributed by atoms with van der Waals surface area (Å²) in [6.45, 7) is 6.54. The number of nitrogens with one attached hydrogen (secondary N) is 1. The Morgan fingerprint density at radius 3 is 2.39 bits per heavy atom. The molecule has 1 amide bonds. The minimum absolute atomic E-state index is 0.0588. The van der Waals surface area contributed by atoms with Crippen molar-refractivity contribution < 1.29 is 9.53 Å². The lowest BCUT2D eigenvalue weighted by Gasteiger charge is -2.09. The highest BCUT2D eigenvalue weighted by Gasteiger charge is 2.17. The fraction of sp³-hybridized carbons (Fsp3) is 0.208. The highest BCUT2D eigenvalue weighted by molar-refractivity contribution is 6.37. The summed E-state index contributed by atoms with van der Waals surface area (Å²) in [7, 11) is 0. The number of aromatic nitrogens is 4. The molecule has 0 aliphatic heterocycles. The summed E-state index contributed by atoms with van der Waals surface area (Å²) in [5.74, 6) is 0.0418. The first-order valence-corrected chi connectivity index (χ1v) is 11.1. The molecule has 4 rings (SSSR count). The number of hydrogen-bond acceptors (Lipinski definition) is 4. The van der Waals surface area contributed by atoms with E-state index in [-0.39, 0.29) is 18.3 Å². The van der Waals surface area contributed by atoms with Crippen molar-refractivity contribution in [1.82, 2.24) is 19.6 Å². The van der Waals surface area contributed by atoms with E-state index in [1.165, 1.54) is 10.2 Å². The van der Waals surface area contributed by atoms with E-state index in [1.807, 2.05) is 18.5 Å². The SMILES string of the molecule is Cc1ccc(Cn2nc(C)c(NC(=O)c3ccn(COc4c(Cl)cccc4Cl)n3)c2C)cc1. The fourth-order valence-electron chi connectivity index (χ4n) is 3.38. The summed E-state index contributed by atoms with van der Waals surface area (Å²) in [4.78, 5) is 12.8. The van der Waals surface area contributed by atoms with Crippen molar-refractivity contribution in [1.29, 1.82) is 0 Å². The van der Waals surface area contributed by atoms with Crippen LogP contribution in [0.4, 0.5) is 5.69 Å². The van der Waals surface area contributed by atoms with E-state index in [0.717, 1.165) is 17.0 Å². The lowest BCUT2D eigenvalue weighted by Crippen LogP contribution is -2.15. The quantitative estimate of drug-likeness (QED) is 0.368. The molecule has 7 nitrogen and oxygen atoms in total. The van der Waals surface area contributed by atoms with Gasteiger partial charge in [0.15, 0.2) is 18.2 Å². The maximum Gasteiger partial charge on any atom is 0.276 e. The number of nitrogens with zero attached hydrogens (tertiary/aromatic N) is 4. The van der Waals surface area contributed by atoms with Crippen LogP contribution in [0.5, 0.6) is 5.75 Å². The fourth-order valence-corrected chi connectivity index (χ4v) is 3.89. The van der Waals surface area contributed by atoms with Crippen molar-refractivity contribution in [3.63, 3.8) is 0 Å². The lowest BCUT2D eigenvalue weighted by atomic mass is 10.1. The van der Waals surface area contributed by atoms with E-state index in [4.69, 9.17) is 27.9 Å². The van der Waals surface area contributed by atoms with Crippen LogP contribution < -0.4 is 10.1 Å². The molecule has 1 N–H and O–H groups in total. The van der Waals surface area contributed by atoms with Crippen LogP contribution in [0, 0.1) is 20.8 Å². The van der Waals surface area contributed by atoms with Gasteiger partial charge in [-0.2, -0.15) is 10.2 Å². The second kappa shape index (κ2) is 9.68. The predicted molar refractivity (Wildman–Crippen MR) is 129 cm³/mol. The first kappa shape index (κ1) is 22.9. The van der Waals surface area contributed by atoms with Crippen LogP contribution >= 0.6 is 23.2 Å². The molecule has 2 heterocycles. The molecule has 0 fully saturated rings. The van der Waals surface area contributed by atoms with Gasteiger partial charge in [-0.25, -0.2) is 4.68 Å². The Morgan fingerprint density at radius 1 is 1.00 bits per heavy atom. The first-order chi connectivity index (χ1) is 15.8. The zero-order chi connectivity index (χ0) is 23.5. The highest BCUT2D eigenvalue weighted by Crippen LogP contribution is 2.32. The Morgan fingerprint density at radius 2 is 1.70 bits per heavy atom. The number of anilines is 1. The van der Waals surface area contributed by atoms with Crippen molar-refractivity contribution in [3.8, 4) is 5.75 Å². The first-order valence-electron chi connectivity index (χ1n) is 10.3. The minimum atomic E-state index is -0.328. The molecule has 0 bridgehead atoms. The minimum Gasteiger partial charge on any atom is -0.468 e. The van der Waals surface area contributed by atoms with Gasteiger partial charge in [0.25, 0.3) is 5.91 Å². The Hall–Kier alpha value is -3.29. The summed E-state index contributed by atoms with van der Waals surface area (Å²) >= 11 is 12.2. The Balaban J connectivity index is 1.43. The van der Waals surface area contributed by atoms with Crippen LogP contribution in [0.15, 0.2) is 54.7 Å². The molecule has 0 unspecified atom stereocenters. The molecule has 0 saturated heterocycles. The van der Waals surface area contributed by atoms with Crippen LogP contribution in [0.3, 0.4) is 0 Å². The van der Waals surface area contributed by atoms with Crippen molar-refractivity contribution in [2.24, 2.45) is 0 Å². The molecule has 0 atom stereocenters. The number of hydrogen-bond donors (Lipinski definition) is 1. The largest absolute Gasteiger partial charge is 0.468 e. The summed E-state index contributed by atoms with van der Waals surface area (Å²) in [6.07, 6.45) is 1.65. The van der Waals surface area contributed by atoms with Gasteiger partial charge in [0.05, 0.1) is 33.7 Å². The van der Waals surface area contributed by atoms with E-state index >= 15 is 0 Å². The molecule has 2 aromatic carbocycles. The third-order valence-corrected chi connectivity index (χ3v) is 5.80. The van der Waals surface area contributed by atoms with Gasteiger partial charge in [-0.1, -0.05) is 59.1 Å². The molecule has 4 aromatic rings. The Labute approximate surface area is 201 Å². The van der Waals surface area contributed by atoms with E-state index < -0.39 is 0 Å². The summed E-state index contributed by atoms with van der Waals surface area (Å²) < 4.78 is 9.04. The normalized spacial score (nSPS) is 10.9. The average Bonchev–Trinajstić information content (AvgIpc) is 3.35. The third kappa shape index (κ3) is 5.21. The van der Waals surface area contributed by atoms with Gasteiger partial charge in [-0.3, -0.25) is 9.48 Å². The van der Waals surface area contributed by atoms with Crippen molar-refractivity contribution >= 4 is 34.8 Å². The van der Waals surface area contributed by atoms with Crippen molar-refractivity contribution in [3.05, 3.63) is 93.0 Å². The van der Waals surface area contributed by atoms with Crippen LogP contribution in [0.2, 0.25) is 10.0 Å². The summed E-state index contributed by atoms with van der Waals surface area (Å²) in [6, 6.07) is 15.0. The molecule has 0 saturated carbocycles. The van der Waals surface area contributed by atoms with Crippen LogP contribution in [0.25, 0.3) is 0 Å². The zero-order valence-corrected chi connectivity index (χ0v) is 20.0. The van der Waals surface area contributed by atoms with Crippen molar-refractivity contribution in [2.75, 3.05) is 5.32 Å². The number of aryl methyl sites for hydroxylation is 2. The second-order valence-corrected chi connectivity index (χ2v) is 8.52. The summed E-state index contributed by atoms with van der Waals surface area (Å²) in [5, 5.41) is 12.6. The molecular formula is C24H23Cl2N5O2. The molecule has 170 valence electrons. The number of carbonyl (C=O) groups is 1. The monoisotopic (exact) mass is 483 g/mol. The molecule has 0 aliphatic carbocycles. The third-order valence-electron chi connectivity index (χ3n) is 5.21. The zero-order valence-electron chi connectivity index (χ0n) is 18.5. The number of ether oxygens (including phenoxy) is 1. The standard InChI is InChI=1S/C24H23Cl2N5O2/c1-15-7-9-18(10-8-15)13-31-17(3)22(16(2)28-31)27-24(32)21-11-12-30(29-21)14-33-23-19(25)5-4-6-20(23)26/h4-12H,13-14H2,1-3H3,(H,27,32). The number of halogens is 2. The maximum atomic E-state index is 12.8. The molecule has 9 heteroatoms. The molecule has 0 aliphatic rings. The van der Waals surface area contributed by atoms with Gasteiger partial charge in [0.2, 0.25) is 0 Å². The smallest absolute Gasteiger partial charge is 0.276 e. The van der Waals surface area contributed by atoms with E-state index in [9.17, 15) is 4.79 Å². The Kier molecular flexibility index (Phi) is 6.72. The topological polar surface area (TPSA) is 74.0 Å². The number of para-hydroxylation sites is 1. The van der Waals surface area contributed by atoms with E-state index in [1.54, 1.807) is 30.5 Å². The molecule has 0 spiro atoms. The van der Waals surface area contributed by atoms with E-state index in [0.29, 0.717) is 28.0 Å². The number of rotatable bonds is 7. The number of carbonyl (C=O) groups excluding carboxylic acids is 1. The Bertz CT molecular complexity index is 1270. The van der Waals surface area contributed by atoms with Crippen LogP contribution in [0.1, 0.15) is 33.0 Å². The van der Waals surface area contributed by atoms with Gasteiger partial charge >= 0.3 is 0 Å². The highest BCUT2D eigenvalue weighted by atomic mass is 35.5. The second-order valence-electron chi connectivity index (χ2n) is 7.71. The van der Waals surface area contributed by atoms with Crippen LogP contribution in [-0.2, 0) is 13.3 Å². The van der Waals surface area contributed by atoms with Crippen LogP contribution in [-0.4, -0.2) is 25.5 Å². The lowest BCUT2D eigenvalue weighted by molar-refractivity contribution is 0.102. The van der Waals surface area contributed by atoms with Gasteiger partial charge in [-0.15, -0.1) is 0 Å². The molecule has 33 heavy (non-hydrogen) atoms. The van der Waals surface area contributed by atoms with E-state index in [2.05, 4.69) is 46.7 Å².